The van der Waals surface area contributed by atoms with Crippen molar-refractivity contribution in [2.24, 2.45) is 0 Å². The van der Waals surface area contributed by atoms with Crippen LogP contribution in [-0.2, 0) is 0 Å². The van der Waals surface area contributed by atoms with Gasteiger partial charge in [-0.2, -0.15) is 0 Å². The molecule has 2 heterocycles. The predicted octanol–water partition coefficient (Wildman–Crippen LogP) is 4.23. The summed E-state index contributed by atoms with van der Waals surface area (Å²) in [4.78, 5) is 19.6. The number of halogens is 1. The van der Waals surface area contributed by atoms with E-state index in [0.717, 1.165) is 26.2 Å². The van der Waals surface area contributed by atoms with Gasteiger partial charge >= 0.3 is 0 Å². The number of benzene rings is 1. The molecule has 0 saturated carbocycles. The molecule has 3 aromatic rings. The molecule has 3 rings (SSSR count). The van der Waals surface area contributed by atoms with E-state index >= 15 is 0 Å². The number of aromatic nitrogens is 2. The summed E-state index contributed by atoms with van der Waals surface area (Å²) in [6.07, 6.45) is 1.42. The van der Waals surface area contributed by atoms with Gasteiger partial charge in [-0.15, -0.1) is 11.3 Å². The van der Waals surface area contributed by atoms with Crippen molar-refractivity contribution in [3.05, 3.63) is 50.7 Å². The molecule has 0 aliphatic carbocycles. The summed E-state index contributed by atoms with van der Waals surface area (Å²) in [6, 6.07) is 6.42. The average molecular weight is 306 g/mol. The molecular formula is C13H8ClN3O2S. The van der Waals surface area contributed by atoms with Crippen LogP contribution < -0.4 is 0 Å². The maximum absolute atomic E-state index is 10.7. The summed E-state index contributed by atoms with van der Waals surface area (Å²) in [5.41, 5.74) is 2.68. The van der Waals surface area contributed by atoms with E-state index in [9.17, 15) is 10.1 Å². The number of thiophene rings is 1. The first kappa shape index (κ1) is 13.0. The zero-order valence-electron chi connectivity index (χ0n) is 10.3. The molecule has 0 aliphatic heterocycles. The van der Waals surface area contributed by atoms with Crippen molar-refractivity contribution in [2.75, 3.05) is 0 Å². The highest BCUT2D eigenvalue weighted by molar-refractivity contribution is 7.20. The Bertz CT molecular complexity index is 814. The van der Waals surface area contributed by atoms with E-state index in [0.29, 0.717) is 5.15 Å². The fourth-order valence-corrected chi connectivity index (χ4v) is 3.34. The van der Waals surface area contributed by atoms with Crippen molar-refractivity contribution in [3.63, 3.8) is 0 Å². The topological polar surface area (TPSA) is 68.9 Å². The molecule has 0 atom stereocenters. The van der Waals surface area contributed by atoms with Gasteiger partial charge in [-0.1, -0.05) is 11.6 Å². The van der Waals surface area contributed by atoms with Crippen LogP contribution in [0.5, 0.6) is 0 Å². The SMILES string of the molecule is Cc1sc2c(Cl)ncnc2c1-c1ccc([N+](=O)[O-])cc1. The molecule has 0 aliphatic rings. The van der Waals surface area contributed by atoms with Crippen LogP contribution in [0.1, 0.15) is 4.88 Å². The Kier molecular flexibility index (Phi) is 3.11. The highest BCUT2D eigenvalue weighted by Crippen LogP contribution is 2.39. The number of hydrogen-bond acceptors (Lipinski definition) is 5. The summed E-state index contributed by atoms with van der Waals surface area (Å²) in [5.74, 6) is 0. The Hall–Kier alpha value is -2.05. The molecule has 0 unspecified atom stereocenters. The minimum Gasteiger partial charge on any atom is -0.258 e. The Morgan fingerprint density at radius 3 is 2.60 bits per heavy atom. The van der Waals surface area contributed by atoms with Crippen LogP contribution in [0.15, 0.2) is 30.6 Å². The van der Waals surface area contributed by atoms with Gasteiger partial charge in [0.1, 0.15) is 11.5 Å². The smallest absolute Gasteiger partial charge is 0.258 e. The van der Waals surface area contributed by atoms with Gasteiger partial charge in [0.05, 0.1) is 15.1 Å². The minimum atomic E-state index is -0.415. The van der Waals surface area contributed by atoms with Gasteiger partial charge in [0.2, 0.25) is 0 Å². The number of nitrogens with zero attached hydrogens (tertiary/aromatic N) is 3. The molecule has 0 bridgehead atoms. The standard InChI is InChI=1S/C13H8ClN3O2S/c1-7-10(8-2-4-9(5-3-8)17(18)19)11-12(20-7)13(14)16-6-15-11/h2-6H,1H3. The zero-order valence-corrected chi connectivity index (χ0v) is 11.9. The molecule has 100 valence electrons. The minimum absolute atomic E-state index is 0.0681. The lowest BCUT2D eigenvalue weighted by molar-refractivity contribution is -0.384. The number of rotatable bonds is 2. The third kappa shape index (κ3) is 2.03. The lowest BCUT2D eigenvalue weighted by Gasteiger charge is -2.01. The van der Waals surface area contributed by atoms with E-state index in [-0.39, 0.29) is 5.69 Å². The molecular weight excluding hydrogens is 298 g/mol. The van der Waals surface area contributed by atoms with Gasteiger partial charge in [0.25, 0.3) is 5.69 Å². The van der Waals surface area contributed by atoms with Gasteiger partial charge in [-0.25, -0.2) is 9.97 Å². The van der Waals surface area contributed by atoms with E-state index in [2.05, 4.69) is 9.97 Å². The van der Waals surface area contributed by atoms with Crippen LogP contribution in [0.3, 0.4) is 0 Å². The summed E-state index contributed by atoms with van der Waals surface area (Å²) in [6.45, 7) is 1.97. The van der Waals surface area contributed by atoms with Crippen LogP contribution >= 0.6 is 22.9 Å². The number of hydrogen-bond donors (Lipinski definition) is 0. The molecule has 20 heavy (non-hydrogen) atoms. The summed E-state index contributed by atoms with van der Waals surface area (Å²) in [7, 11) is 0. The third-order valence-corrected chi connectivity index (χ3v) is 4.47. The summed E-state index contributed by atoms with van der Waals surface area (Å²) >= 11 is 7.59. The Balaban J connectivity index is 2.21. The highest BCUT2D eigenvalue weighted by Gasteiger charge is 2.16. The maximum atomic E-state index is 10.7. The van der Waals surface area contributed by atoms with E-state index in [4.69, 9.17) is 11.6 Å². The van der Waals surface area contributed by atoms with Gasteiger partial charge in [0.15, 0.2) is 0 Å². The second-order valence-corrected chi connectivity index (χ2v) is 5.76. The number of nitro groups is 1. The first-order valence-corrected chi connectivity index (χ1v) is 6.92. The lowest BCUT2D eigenvalue weighted by atomic mass is 10.1. The van der Waals surface area contributed by atoms with E-state index in [1.807, 2.05) is 6.92 Å². The van der Waals surface area contributed by atoms with Crippen molar-refractivity contribution in [2.45, 2.75) is 6.92 Å². The van der Waals surface area contributed by atoms with Crippen LogP contribution in [0.25, 0.3) is 21.3 Å². The van der Waals surface area contributed by atoms with Crippen molar-refractivity contribution in [1.29, 1.82) is 0 Å². The highest BCUT2D eigenvalue weighted by atomic mass is 35.5. The molecule has 0 radical (unpaired) electrons. The molecule has 0 amide bonds. The third-order valence-electron chi connectivity index (χ3n) is 2.97. The van der Waals surface area contributed by atoms with Gasteiger partial charge in [0, 0.05) is 22.6 Å². The normalized spacial score (nSPS) is 10.9. The number of non-ortho nitro benzene ring substituents is 1. The lowest BCUT2D eigenvalue weighted by Crippen LogP contribution is -1.88. The van der Waals surface area contributed by atoms with E-state index < -0.39 is 4.92 Å². The number of aryl methyl sites for hydroxylation is 1. The average Bonchev–Trinajstić information content (AvgIpc) is 2.77. The van der Waals surface area contributed by atoms with E-state index in [1.54, 1.807) is 12.1 Å². The molecule has 0 saturated heterocycles. The largest absolute Gasteiger partial charge is 0.269 e. The molecule has 0 fully saturated rings. The molecule has 0 spiro atoms. The Morgan fingerprint density at radius 2 is 1.95 bits per heavy atom. The van der Waals surface area contributed by atoms with E-state index in [1.165, 1.54) is 29.8 Å². The quantitative estimate of drug-likeness (QED) is 0.403. The second-order valence-electron chi connectivity index (χ2n) is 4.18. The number of fused-ring (bicyclic) bond motifs is 1. The molecule has 0 N–H and O–H groups in total. The fraction of sp³-hybridized carbons (Fsp3) is 0.0769. The van der Waals surface area contributed by atoms with Crippen molar-refractivity contribution >= 4 is 38.8 Å². The molecule has 7 heteroatoms. The monoisotopic (exact) mass is 305 g/mol. The summed E-state index contributed by atoms with van der Waals surface area (Å²) < 4.78 is 0.833. The van der Waals surface area contributed by atoms with Crippen molar-refractivity contribution < 1.29 is 4.92 Å². The van der Waals surface area contributed by atoms with Crippen LogP contribution in [0.2, 0.25) is 5.15 Å². The predicted molar refractivity (Wildman–Crippen MR) is 79.3 cm³/mol. The summed E-state index contributed by atoms with van der Waals surface area (Å²) in [5, 5.41) is 11.1. The Labute approximate surface area is 123 Å². The van der Waals surface area contributed by atoms with Gasteiger partial charge in [-0.05, 0) is 24.6 Å². The first-order valence-electron chi connectivity index (χ1n) is 5.72. The Morgan fingerprint density at radius 1 is 1.25 bits per heavy atom. The fourth-order valence-electron chi connectivity index (χ4n) is 2.08. The van der Waals surface area contributed by atoms with Crippen LogP contribution in [0, 0.1) is 17.0 Å². The van der Waals surface area contributed by atoms with Crippen LogP contribution in [0.4, 0.5) is 5.69 Å². The maximum Gasteiger partial charge on any atom is 0.269 e. The number of nitro benzene ring substituents is 1. The van der Waals surface area contributed by atoms with Crippen molar-refractivity contribution in [1.82, 2.24) is 9.97 Å². The van der Waals surface area contributed by atoms with Gasteiger partial charge in [-0.3, -0.25) is 10.1 Å². The second kappa shape index (κ2) is 4.81. The molecule has 5 nitrogen and oxygen atoms in total. The zero-order chi connectivity index (χ0) is 14.3. The molecule has 1 aromatic carbocycles. The first-order chi connectivity index (χ1) is 9.58. The van der Waals surface area contributed by atoms with Gasteiger partial charge < -0.3 is 0 Å². The van der Waals surface area contributed by atoms with Crippen LogP contribution in [-0.4, -0.2) is 14.9 Å². The van der Waals surface area contributed by atoms with Crippen molar-refractivity contribution in [3.8, 4) is 11.1 Å². The molecule has 2 aromatic heterocycles.